The van der Waals surface area contributed by atoms with E-state index in [-0.39, 0.29) is 5.41 Å². The van der Waals surface area contributed by atoms with Crippen molar-refractivity contribution < 1.29 is 4.79 Å². The van der Waals surface area contributed by atoms with Gasteiger partial charge in [0.1, 0.15) is 6.29 Å². The highest BCUT2D eigenvalue weighted by Gasteiger charge is 2.37. The van der Waals surface area contributed by atoms with Crippen LogP contribution in [0, 0.1) is 23.7 Å². The minimum absolute atomic E-state index is 0.157. The van der Waals surface area contributed by atoms with Gasteiger partial charge < -0.3 is 4.79 Å². The molecule has 0 amide bonds. The summed E-state index contributed by atoms with van der Waals surface area (Å²) in [6.07, 6.45) is 11.3. The summed E-state index contributed by atoms with van der Waals surface area (Å²) in [5.41, 5.74) is -0.157. The van der Waals surface area contributed by atoms with Gasteiger partial charge in [-0.15, -0.1) is 12.3 Å². The molecule has 1 heteroatoms. The van der Waals surface area contributed by atoms with Crippen molar-refractivity contribution in [3.63, 3.8) is 0 Å². The lowest BCUT2D eigenvalue weighted by Crippen LogP contribution is -2.17. The average Bonchev–Trinajstić information content (AvgIpc) is 2.50. The molecule has 0 spiro atoms. The largest absolute Gasteiger partial charge is 0.303 e. The standard InChI is InChI=1S/C11H16O/c1-3-6-11(9-12)7-5-10(4-2)8-11/h1,9-10H,4-8H2,2H3. The second-order valence-electron chi connectivity index (χ2n) is 3.88. The van der Waals surface area contributed by atoms with Crippen LogP contribution < -0.4 is 0 Å². The second-order valence-corrected chi connectivity index (χ2v) is 3.88. The van der Waals surface area contributed by atoms with Crippen LogP contribution in [0.5, 0.6) is 0 Å². The number of hydrogen-bond donors (Lipinski definition) is 0. The molecule has 1 fully saturated rings. The van der Waals surface area contributed by atoms with E-state index in [1.807, 2.05) is 0 Å². The fourth-order valence-corrected chi connectivity index (χ4v) is 2.13. The Labute approximate surface area is 74.5 Å². The summed E-state index contributed by atoms with van der Waals surface area (Å²) < 4.78 is 0. The van der Waals surface area contributed by atoms with Crippen molar-refractivity contribution in [2.24, 2.45) is 11.3 Å². The maximum atomic E-state index is 10.9. The van der Waals surface area contributed by atoms with Crippen molar-refractivity contribution in [3.05, 3.63) is 0 Å². The summed E-state index contributed by atoms with van der Waals surface area (Å²) >= 11 is 0. The first kappa shape index (κ1) is 9.32. The van der Waals surface area contributed by atoms with Crippen LogP contribution in [0.25, 0.3) is 0 Å². The first-order chi connectivity index (χ1) is 5.76. The van der Waals surface area contributed by atoms with Gasteiger partial charge in [-0.05, 0) is 25.2 Å². The van der Waals surface area contributed by atoms with E-state index in [0.717, 1.165) is 25.0 Å². The highest BCUT2D eigenvalue weighted by molar-refractivity contribution is 5.60. The molecular formula is C11H16O. The molecule has 0 bridgehead atoms. The van der Waals surface area contributed by atoms with Crippen LogP contribution in [0.15, 0.2) is 0 Å². The molecule has 2 unspecified atom stereocenters. The molecule has 0 aromatic rings. The Kier molecular flexibility index (Phi) is 2.92. The quantitative estimate of drug-likeness (QED) is 0.462. The fourth-order valence-electron chi connectivity index (χ4n) is 2.13. The molecule has 0 saturated heterocycles. The molecule has 1 aliphatic carbocycles. The summed E-state index contributed by atoms with van der Waals surface area (Å²) in [6, 6.07) is 0. The molecule has 1 rings (SSSR count). The van der Waals surface area contributed by atoms with Crippen LogP contribution in [0.2, 0.25) is 0 Å². The van der Waals surface area contributed by atoms with Crippen molar-refractivity contribution in [3.8, 4) is 12.3 Å². The summed E-state index contributed by atoms with van der Waals surface area (Å²) in [5.74, 6) is 3.34. The van der Waals surface area contributed by atoms with Crippen LogP contribution in [0.4, 0.5) is 0 Å². The maximum absolute atomic E-state index is 10.9. The molecule has 0 radical (unpaired) electrons. The van der Waals surface area contributed by atoms with E-state index in [1.54, 1.807) is 0 Å². The van der Waals surface area contributed by atoms with Crippen molar-refractivity contribution in [2.75, 3.05) is 0 Å². The van der Waals surface area contributed by atoms with Gasteiger partial charge in [-0.3, -0.25) is 0 Å². The second kappa shape index (κ2) is 3.76. The van der Waals surface area contributed by atoms with E-state index in [0.29, 0.717) is 6.42 Å². The van der Waals surface area contributed by atoms with Crippen LogP contribution in [0.3, 0.4) is 0 Å². The monoisotopic (exact) mass is 164 g/mol. The molecule has 12 heavy (non-hydrogen) atoms. The zero-order valence-corrected chi connectivity index (χ0v) is 7.68. The molecular weight excluding hydrogens is 148 g/mol. The number of carbonyl (C=O) groups excluding carboxylic acids is 1. The Bertz CT molecular complexity index is 202. The molecule has 1 aliphatic rings. The minimum atomic E-state index is -0.157. The zero-order chi connectivity index (χ0) is 9.03. The lowest BCUT2D eigenvalue weighted by atomic mass is 9.83. The Morgan fingerprint density at radius 2 is 2.50 bits per heavy atom. The summed E-state index contributed by atoms with van der Waals surface area (Å²) in [4.78, 5) is 10.9. The van der Waals surface area contributed by atoms with Gasteiger partial charge in [-0.1, -0.05) is 13.3 Å². The van der Waals surface area contributed by atoms with E-state index in [9.17, 15) is 4.79 Å². The normalized spacial score (nSPS) is 34.5. The van der Waals surface area contributed by atoms with E-state index >= 15 is 0 Å². The number of carbonyl (C=O) groups is 1. The van der Waals surface area contributed by atoms with Gasteiger partial charge in [0.2, 0.25) is 0 Å². The molecule has 2 atom stereocenters. The van der Waals surface area contributed by atoms with E-state index in [1.165, 1.54) is 12.8 Å². The number of terminal acetylenes is 1. The smallest absolute Gasteiger partial charge is 0.127 e. The average molecular weight is 164 g/mol. The van der Waals surface area contributed by atoms with Gasteiger partial charge in [0.05, 0.1) is 0 Å². The Hall–Kier alpha value is -0.770. The zero-order valence-electron chi connectivity index (χ0n) is 7.68. The van der Waals surface area contributed by atoms with Crippen LogP contribution in [-0.4, -0.2) is 6.29 Å². The predicted molar refractivity (Wildman–Crippen MR) is 49.6 cm³/mol. The van der Waals surface area contributed by atoms with E-state index < -0.39 is 0 Å². The highest BCUT2D eigenvalue weighted by atomic mass is 16.1. The highest BCUT2D eigenvalue weighted by Crippen LogP contribution is 2.43. The van der Waals surface area contributed by atoms with Gasteiger partial charge >= 0.3 is 0 Å². The molecule has 1 nitrogen and oxygen atoms in total. The Morgan fingerprint density at radius 1 is 1.75 bits per heavy atom. The molecule has 66 valence electrons. The van der Waals surface area contributed by atoms with Gasteiger partial charge in [-0.2, -0.15) is 0 Å². The first-order valence-electron chi connectivity index (χ1n) is 4.66. The van der Waals surface area contributed by atoms with Gasteiger partial charge in [0, 0.05) is 11.8 Å². The predicted octanol–water partition coefficient (Wildman–Crippen LogP) is 2.41. The van der Waals surface area contributed by atoms with Crippen molar-refractivity contribution in [1.29, 1.82) is 0 Å². The lowest BCUT2D eigenvalue weighted by molar-refractivity contribution is -0.115. The van der Waals surface area contributed by atoms with Crippen molar-refractivity contribution in [2.45, 2.75) is 39.0 Å². The van der Waals surface area contributed by atoms with Crippen LogP contribution in [-0.2, 0) is 4.79 Å². The first-order valence-corrected chi connectivity index (χ1v) is 4.66. The topological polar surface area (TPSA) is 17.1 Å². The maximum Gasteiger partial charge on any atom is 0.127 e. The Balaban J connectivity index is 2.60. The van der Waals surface area contributed by atoms with Gasteiger partial charge in [0.25, 0.3) is 0 Å². The molecule has 0 aromatic heterocycles. The summed E-state index contributed by atoms with van der Waals surface area (Å²) in [5, 5.41) is 0. The molecule has 0 N–H and O–H groups in total. The third-order valence-electron chi connectivity index (χ3n) is 3.03. The molecule has 0 aliphatic heterocycles. The lowest BCUT2D eigenvalue weighted by Gasteiger charge is -2.18. The van der Waals surface area contributed by atoms with Gasteiger partial charge in [0.15, 0.2) is 0 Å². The Morgan fingerprint density at radius 3 is 2.92 bits per heavy atom. The molecule has 0 aromatic carbocycles. The molecule has 0 heterocycles. The van der Waals surface area contributed by atoms with Crippen LogP contribution in [0.1, 0.15) is 39.0 Å². The number of aldehydes is 1. The van der Waals surface area contributed by atoms with E-state index in [2.05, 4.69) is 12.8 Å². The van der Waals surface area contributed by atoms with Gasteiger partial charge in [-0.25, -0.2) is 0 Å². The minimum Gasteiger partial charge on any atom is -0.303 e. The number of rotatable bonds is 3. The van der Waals surface area contributed by atoms with Crippen LogP contribution >= 0.6 is 0 Å². The third-order valence-corrected chi connectivity index (χ3v) is 3.03. The summed E-state index contributed by atoms with van der Waals surface area (Å²) in [6.45, 7) is 2.18. The van der Waals surface area contributed by atoms with Crippen molar-refractivity contribution >= 4 is 6.29 Å². The third kappa shape index (κ3) is 1.69. The van der Waals surface area contributed by atoms with Crippen molar-refractivity contribution in [1.82, 2.24) is 0 Å². The SMILES string of the molecule is C#CCC1(C=O)CCC(CC)C1. The van der Waals surface area contributed by atoms with E-state index in [4.69, 9.17) is 6.42 Å². The fraction of sp³-hybridized carbons (Fsp3) is 0.727. The number of hydrogen-bond acceptors (Lipinski definition) is 1. The summed E-state index contributed by atoms with van der Waals surface area (Å²) in [7, 11) is 0. The molecule has 1 saturated carbocycles.